The Labute approximate surface area is 68.0 Å². The van der Waals surface area contributed by atoms with Crippen LogP contribution in [0.2, 0.25) is 0 Å². The molecule has 0 aromatic heterocycles. The third-order valence-electron chi connectivity index (χ3n) is 1.09. The molecule has 0 atom stereocenters. The van der Waals surface area contributed by atoms with Gasteiger partial charge in [-0.25, -0.2) is 4.39 Å². The monoisotopic (exact) mass is 181 g/mol. The zero-order valence-electron chi connectivity index (χ0n) is 5.34. The highest BCUT2D eigenvalue weighted by atomic mass is 35.5. The number of nitrogen functional groups attached to an aromatic ring is 1. The van der Waals surface area contributed by atoms with Crippen molar-refractivity contribution >= 4 is 18.1 Å². The summed E-state index contributed by atoms with van der Waals surface area (Å²) in [4.78, 5) is 0. The SMILES string of the molecule is Cl.Nc1ccc(O)c(F)c1F. The Kier molecular flexibility index (Phi) is 3.07. The lowest BCUT2D eigenvalue weighted by Crippen LogP contribution is -1.93. The average molecular weight is 182 g/mol. The van der Waals surface area contributed by atoms with Crippen LogP contribution < -0.4 is 5.73 Å². The van der Waals surface area contributed by atoms with Crippen LogP contribution in [0.1, 0.15) is 0 Å². The van der Waals surface area contributed by atoms with E-state index in [1.54, 1.807) is 0 Å². The first-order valence-electron chi connectivity index (χ1n) is 2.55. The van der Waals surface area contributed by atoms with Gasteiger partial charge in [0.05, 0.1) is 5.69 Å². The van der Waals surface area contributed by atoms with Crippen LogP contribution in [0, 0.1) is 11.6 Å². The van der Waals surface area contributed by atoms with Crippen molar-refractivity contribution in [3.05, 3.63) is 23.8 Å². The summed E-state index contributed by atoms with van der Waals surface area (Å²) in [7, 11) is 0. The predicted octanol–water partition coefficient (Wildman–Crippen LogP) is 1.67. The molecule has 0 amide bonds. The number of phenolic OH excluding ortho intramolecular Hbond substituents is 1. The Hall–Kier alpha value is -1.03. The smallest absolute Gasteiger partial charge is 0.202 e. The Balaban J connectivity index is 0.000001000. The molecule has 62 valence electrons. The molecule has 1 aromatic carbocycles. The molecule has 0 bridgehead atoms. The van der Waals surface area contributed by atoms with Gasteiger partial charge in [-0.15, -0.1) is 12.4 Å². The fraction of sp³-hybridized carbons (Fsp3) is 0. The lowest BCUT2D eigenvalue weighted by Gasteiger charge is -1.97. The normalized spacial score (nSPS) is 8.91. The number of aromatic hydroxyl groups is 1. The van der Waals surface area contributed by atoms with Crippen LogP contribution in [0.4, 0.5) is 14.5 Å². The third kappa shape index (κ3) is 1.71. The van der Waals surface area contributed by atoms with E-state index in [0.717, 1.165) is 12.1 Å². The Bertz CT molecular complexity index is 240. The van der Waals surface area contributed by atoms with Crippen LogP contribution in [0.5, 0.6) is 5.75 Å². The first-order chi connectivity index (χ1) is 4.63. The maximum absolute atomic E-state index is 12.3. The second-order valence-corrected chi connectivity index (χ2v) is 1.80. The number of anilines is 1. The van der Waals surface area contributed by atoms with Crippen molar-refractivity contribution in [3.63, 3.8) is 0 Å². The topological polar surface area (TPSA) is 46.2 Å². The summed E-state index contributed by atoms with van der Waals surface area (Å²) in [6.45, 7) is 0. The molecule has 0 aliphatic carbocycles. The molecule has 0 unspecified atom stereocenters. The summed E-state index contributed by atoms with van der Waals surface area (Å²) in [5, 5.41) is 8.55. The van der Waals surface area contributed by atoms with E-state index in [-0.39, 0.29) is 18.1 Å². The molecule has 2 nitrogen and oxygen atoms in total. The van der Waals surface area contributed by atoms with Crippen LogP contribution in [0.15, 0.2) is 12.1 Å². The summed E-state index contributed by atoms with van der Waals surface area (Å²) < 4.78 is 24.6. The minimum atomic E-state index is -1.31. The largest absolute Gasteiger partial charge is 0.505 e. The second-order valence-electron chi connectivity index (χ2n) is 1.80. The average Bonchev–Trinajstić information content (AvgIpc) is 1.93. The molecule has 0 saturated carbocycles. The van der Waals surface area contributed by atoms with Crippen molar-refractivity contribution in [1.82, 2.24) is 0 Å². The summed E-state index contributed by atoms with van der Waals surface area (Å²) in [6, 6.07) is 2.08. The molecule has 11 heavy (non-hydrogen) atoms. The van der Waals surface area contributed by atoms with Gasteiger partial charge in [-0.1, -0.05) is 0 Å². The van der Waals surface area contributed by atoms with Gasteiger partial charge in [0.25, 0.3) is 0 Å². The number of halogens is 3. The second kappa shape index (κ2) is 3.39. The number of benzene rings is 1. The van der Waals surface area contributed by atoms with E-state index >= 15 is 0 Å². The summed E-state index contributed by atoms with van der Waals surface area (Å²) in [6.07, 6.45) is 0. The highest BCUT2D eigenvalue weighted by Crippen LogP contribution is 2.21. The summed E-state index contributed by atoms with van der Waals surface area (Å²) in [5.74, 6) is -3.24. The molecule has 3 N–H and O–H groups in total. The van der Waals surface area contributed by atoms with Gasteiger partial charge in [0.1, 0.15) is 0 Å². The molecule has 0 radical (unpaired) electrons. The molecular formula is C6H6ClF2NO. The third-order valence-corrected chi connectivity index (χ3v) is 1.09. The standard InChI is InChI=1S/C6H5F2NO.ClH/c7-5-3(9)1-2-4(10)6(5)8;/h1-2,10H,9H2;1H. The number of hydrogen-bond acceptors (Lipinski definition) is 2. The quantitative estimate of drug-likeness (QED) is 0.473. The fourth-order valence-electron chi connectivity index (χ4n) is 0.554. The number of nitrogens with two attached hydrogens (primary N) is 1. The van der Waals surface area contributed by atoms with Gasteiger partial charge >= 0.3 is 0 Å². The van der Waals surface area contributed by atoms with Crippen molar-refractivity contribution in [2.24, 2.45) is 0 Å². The maximum Gasteiger partial charge on any atom is 0.202 e. The molecule has 1 aromatic rings. The van der Waals surface area contributed by atoms with E-state index in [9.17, 15) is 8.78 Å². The molecule has 0 spiro atoms. The zero-order valence-corrected chi connectivity index (χ0v) is 6.16. The molecule has 0 fully saturated rings. The summed E-state index contributed by atoms with van der Waals surface area (Å²) in [5.41, 5.74) is 4.65. The van der Waals surface area contributed by atoms with Crippen molar-refractivity contribution < 1.29 is 13.9 Å². The van der Waals surface area contributed by atoms with E-state index in [2.05, 4.69) is 0 Å². The lowest BCUT2D eigenvalue weighted by molar-refractivity contribution is 0.408. The van der Waals surface area contributed by atoms with E-state index in [4.69, 9.17) is 10.8 Å². The number of rotatable bonds is 0. The van der Waals surface area contributed by atoms with Gasteiger partial charge in [0.15, 0.2) is 11.6 Å². The van der Waals surface area contributed by atoms with Crippen LogP contribution in [0.25, 0.3) is 0 Å². The Morgan fingerprint density at radius 2 is 1.73 bits per heavy atom. The molecular weight excluding hydrogens is 176 g/mol. The van der Waals surface area contributed by atoms with E-state index < -0.39 is 17.4 Å². The van der Waals surface area contributed by atoms with Gasteiger partial charge < -0.3 is 10.8 Å². The lowest BCUT2D eigenvalue weighted by atomic mass is 10.3. The van der Waals surface area contributed by atoms with Crippen molar-refractivity contribution in [2.45, 2.75) is 0 Å². The van der Waals surface area contributed by atoms with Crippen LogP contribution in [-0.4, -0.2) is 5.11 Å². The van der Waals surface area contributed by atoms with Crippen LogP contribution >= 0.6 is 12.4 Å². The first-order valence-corrected chi connectivity index (χ1v) is 2.55. The van der Waals surface area contributed by atoms with Crippen LogP contribution in [0.3, 0.4) is 0 Å². The minimum Gasteiger partial charge on any atom is -0.505 e. The molecule has 5 heteroatoms. The Morgan fingerprint density at radius 3 is 2.18 bits per heavy atom. The van der Waals surface area contributed by atoms with Crippen molar-refractivity contribution in [1.29, 1.82) is 0 Å². The van der Waals surface area contributed by atoms with Gasteiger partial charge in [-0.3, -0.25) is 0 Å². The van der Waals surface area contributed by atoms with Crippen LogP contribution in [-0.2, 0) is 0 Å². The Morgan fingerprint density at radius 1 is 1.18 bits per heavy atom. The molecule has 0 aliphatic rings. The molecule has 0 saturated heterocycles. The predicted molar refractivity (Wildman–Crippen MR) is 39.7 cm³/mol. The zero-order chi connectivity index (χ0) is 7.72. The van der Waals surface area contributed by atoms with Crippen molar-refractivity contribution in [3.8, 4) is 5.75 Å². The number of phenols is 1. The first kappa shape index (κ1) is 9.97. The van der Waals surface area contributed by atoms with Crippen molar-refractivity contribution in [2.75, 3.05) is 5.73 Å². The van der Waals surface area contributed by atoms with Gasteiger partial charge in [0.2, 0.25) is 5.82 Å². The van der Waals surface area contributed by atoms with Gasteiger partial charge in [-0.05, 0) is 12.1 Å². The van der Waals surface area contributed by atoms with Gasteiger partial charge in [-0.2, -0.15) is 4.39 Å². The van der Waals surface area contributed by atoms with E-state index in [1.165, 1.54) is 0 Å². The highest BCUT2D eigenvalue weighted by molar-refractivity contribution is 5.85. The minimum absolute atomic E-state index is 0. The van der Waals surface area contributed by atoms with E-state index in [0.29, 0.717) is 0 Å². The summed E-state index contributed by atoms with van der Waals surface area (Å²) >= 11 is 0. The maximum atomic E-state index is 12.3. The molecule has 1 rings (SSSR count). The fourth-order valence-corrected chi connectivity index (χ4v) is 0.554. The molecule has 0 aliphatic heterocycles. The molecule has 0 heterocycles. The van der Waals surface area contributed by atoms with E-state index in [1.807, 2.05) is 0 Å². The number of hydrogen-bond donors (Lipinski definition) is 2. The van der Waals surface area contributed by atoms with Gasteiger partial charge in [0, 0.05) is 0 Å². The highest BCUT2D eigenvalue weighted by Gasteiger charge is 2.09.